The van der Waals surface area contributed by atoms with Gasteiger partial charge in [-0.3, -0.25) is 4.79 Å². The van der Waals surface area contributed by atoms with Gasteiger partial charge in [-0.05, 0) is 36.8 Å². The Bertz CT molecular complexity index is 936. The Hall–Kier alpha value is -2.89. The fourth-order valence-corrected chi connectivity index (χ4v) is 3.04. The fourth-order valence-electron chi connectivity index (χ4n) is 3.04. The summed E-state index contributed by atoms with van der Waals surface area (Å²) in [6.07, 6.45) is 0.737. The van der Waals surface area contributed by atoms with Crippen LogP contribution in [-0.2, 0) is 17.8 Å². The number of hydrogen-bond acceptors (Lipinski definition) is 3. The smallest absolute Gasteiger partial charge is 0.240 e. The van der Waals surface area contributed by atoms with Gasteiger partial charge in [0, 0.05) is 6.42 Å². The van der Waals surface area contributed by atoms with E-state index >= 15 is 0 Å². The average Bonchev–Trinajstić information content (AvgIpc) is 2.99. The molecule has 1 atom stereocenters. The molecule has 3 rings (SSSR count). The number of aromatic nitrogens is 2. The summed E-state index contributed by atoms with van der Waals surface area (Å²) in [5.74, 6) is 0.459. The van der Waals surface area contributed by atoms with E-state index in [1.807, 2.05) is 42.7 Å². The summed E-state index contributed by atoms with van der Waals surface area (Å²) in [5, 5.41) is 2.92. The molecule has 1 heterocycles. The van der Waals surface area contributed by atoms with E-state index in [9.17, 15) is 9.18 Å². The molecule has 0 aliphatic carbocycles. The second-order valence-electron chi connectivity index (χ2n) is 6.14. The highest BCUT2D eigenvalue weighted by atomic mass is 19.1. The molecule has 0 unspecified atom stereocenters. The number of halogens is 1. The van der Waals surface area contributed by atoms with Crippen molar-refractivity contribution < 1.29 is 13.9 Å². The highest BCUT2D eigenvalue weighted by molar-refractivity contribution is 5.81. The fraction of sp³-hybridized carbons (Fsp3) is 0.300. The van der Waals surface area contributed by atoms with E-state index in [-0.39, 0.29) is 24.2 Å². The van der Waals surface area contributed by atoms with Crippen molar-refractivity contribution in [1.82, 2.24) is 14.9 Å². The van der Waals surface area contributed by atoms with Gasteiger partial charge in [-0.2, -0.15) is 0 Å². The molecule has 0 spiro atoms. The number of imidazole rings is 1. The van der Waals surface area contributed by atoms with Gasteiger partial charge in [-0.1, -0.05) is 25.1 Å². The van der Waals surface area contributed by atoms with E-state index in [0.29, 0.717) is 5.56 Å². The van der Waals surface area contributed by atoms with Crippen LogP contribution in [0, 0.1) is 5.82 Å². The van der Waals surface area contributed by atoms with Crippen LogP contribution in [0.2, 0.25) is 0 Å². The molecule has 0 saturated carbocycles. The van der Waals surface area contributed by atoms with E-state index in [0.717, 1.165) is 23.3 Å². The number of benzene rings is 2. The Morgan fingerprint density at radius 3 is 2.77 bits per heavy atom. The first-order chi connectivity index (χ1) is 12.5. The van der Waals surface area contributed by atoms with Crippen LogP contribution in [0.25, 0.3) is 11.0 Å². The topological polar surface area (TPSA) is 56.2 Å². The summed E-state index contributed by atoms with van der Waals surface area (Å²) in [4.78, 5) is 17.1. The number of hydrogen-bond donors (Lipinski definition) is 1. The number of rotatable bonds is 6. The van der Waals surface area contributed by atoms with Gasteiger partial charge in [-0.25, -0.2) is 9.37 Å². The molecule has 0 fully saturated rings. The first-order valence-electron chi connectivity index (χ1n) is 8.60. The largest absolute Gasteiger partial charge is 0.494 e. The first-order valence-corrected chi connectivity index (χ1v) is 8.60. The van der Waals surface area contributed by atoms with Gasteiger partial charge in [0.15, 0.2) is 11.6 Å². The third-order valence-electron chi connectivity index (χ3n) is 4.40. The molecule has 3 aromatic rings. The first kappa shape index (κ1) is 17.9. The maximum absolute atomic E-state index is 13.9. The van der Waals surface area contributed by atoms with E-state index in [1.165, 1.54) is 13.2 Å². The van der Waals surface area contributed by atoms with Gasteiger partial charge in [0.2, 0.25) is 5.91 Å². The van der Waals surface area contributed by atoms with Gasteiger partial charge in [0.1, 0.15) is 12.4 Å². The van der Waals surface area contributed by atoms with Crippen LogP contribution in [-0.4, -0.2) is 22.6 Å². The minimum atomic E-state index is -0.444. The summed E-state index contributed by atoms with van der Waals surface area (Å²) in [5.41, 5.74) is 2.49. The van der Waals surface area contributed by atoms with Crippen molar-refractivity contribution in [2.24, 2.45) is 0 Å². The molecular formula is C20H22FN3O2. The van der Waals surface area contributed by atoms with Crippen molar-refractivity contribution in [2.75, 3.05) is 7.11 Å². The number of para-hydroxylation sites is 2. The number of amides is 1. The van der Waals surface area contributed by atoms with E-state index < -0.39 is 5.82 Å². The maximum atomic E-state index is 13.9. The van der Waals surface area contributed by atoms with Crippen molar-refractivity contribution in [3.8, 4) is 5.75 Å². The van der Waals surface area contributed by atoms with E-state index in [2.05, 4.69) is 10.3 Å². The van der Waals surface area contributed by atoms with Gasteiger partial charge in [0.05, 0.1) is 24.2 Å². The maximum Gasteiger partial charge on any atom is 0.240 e. The quantitative estimate of drug-likeness (QED) is 0.735. The lowest BCUT2D eigenvalue weighted by Gasteiger charge is -2.16. The molecule has 5 nitrogen and oxygen atoms in total. The van der Waals surface area contributed by atoms with Gasteiger partial charge >= 0.3 is 0 Å². The molecule has 6 heteroatoms. The normalized spacial score (nSPS) is 12.2. The lowest BCUT2D eigenvalue weighted by molar-refractivity contribution is -0.122. The number of ether oxygens (including phenoxy) is 1. The summed E-state index contributed by atoms with van der Waals surface area (Å²) in [6.45, 7) is 4.01. The Balaban J connectivity index is 1.76. The number of carbonyl (C=O) groups is 1. The van der Waals surface area contributed by atoms with Crippen LogP contribution in [0.1, 0.15) is 31.3 Å². The molecule has 0 saturated heterocycles. The van der Waals surface area contributed by atoms with Crippen molar-refractivity contribution in [2.45, 2.75) is 32.9 Å². The molecular weight excluding hydrogens is 333 g/mol. The van der Waals surface area contributed by atoms with Crippen LogP contribution >= 0.6 is 0 Å². The summed E-state index contributed by atoms with van der Waals surface area (Å²) >= 11 is 0. The molecule has 26 heavy (non-hydrogen) atoms. The molecule has 2 aromatic carbocycles. The molecule has 0 aliphatic heterocycles. The Morgan fingerprint density at radius 1 is 1.31 bits per heavy atom. The Morgan fingerprint density at radius 2 is 2.08 bits per heavy atom. The van der Waals surface area contributed by atoms with Gasteiger partial charge in [0.25, 0.3) is 0 Å². The van der Waals surface area contributed by atoms with Gasteiger partial charge < -0.3 is 14.6 Å². The predicted molar refractivity (Wildman–Crippen MR) is 98.6 cm³/mol. The van der Waals surface area contributed by atoms with E-state index in [4.69, 9.17) is 4.74 Å². The lowest BCUT2D eigenvalue weighted by atomic mass is 10.1. The highest BCUT2D eigenvalue weighted by Gasteiger charge is 2.15. The Kier molecular flexibility index (Phi) is 5.21. The number of methoxy groups -OCH3 is 1. The third kappa shape index (κ3) is 3.54. The summed E-state index contributed by atoms with van der Waals surface area (Å²) < 4.78 is 20.7. The van der Waals surface area contributed by atoms with Crippen molar-refractivity contribution in [1.29, 1.82) is 0 Å². The summed E-state index contributed by atoms with van der Waals surface area (Å²) in [7, 11) is 1.42. The lowest BCUT2D eigenvalue weighted by Crippen LogP contribution is -2.30. The van der Waals surface area contributed by atoms with Crippen LogP contribution in [0.15, 0.2) is 42.5 Å². The van der Waals surface area contributed by atoms with Gasteiger partial charge in [-0.15, -0.1) is 0 Å². The number of carbonyl (C=O) groups excluding carboxylic acids is 1. The van der Waals surface area contributed by atoms with Crippen LogP contribution in [0.3, 0.4) is 0 Å². The molecule has 0 bridgehead atoms. The third-order valence-corrected chi connectivity index (χ3v) is 4.40. The predicted octanol–water partition coefficient (Wildman–Crippen LogP) is 3.62. The monoisotopic (exact) mass is 355 g/mol. The molecule has 1 amide bonds. The molecule has 1 aromatic heterocycles. The number of aryl methyl sites for hydroxylation is 1. The second-order valence-corrected chi connectivity index (χ2v) is 6.14. The minimum Gasteiger partial charge on any atom is -0.494 e. The minimum absolute atomic E-state index is 0.147. The number of nitrogens with zero attached hydrogens (tertiary/aromatic N) is 2. The number of fused-ring (bicyclic) bond motifs is 1. The zero-order valence-electron chi connectivity index (χ0n) is 15.1. The van der Waals surface area contributed by atoms with Crippen molar-refractivity contribution in [3.63, 3.8) is 0 Å². The molecule has 1 N–H and O–H groups in total. The van der Waals surface area contributed by atoms with Crippen LogP contribution in [0.4, 0.5) is 4.39 Å². The molecule has 136 valence electrons. The zero-order chi connectivity index (χ0) is 18.7. The average molecular weight is 355 g/mol. The van der Waals surface area contributed by atoms with Crippen molar-refractivity contribution >= 4 is 16.9 Å². The second kappa shape index (κ2) is 7.56. The highest BCUT2D eigenvalue weighted by Crippen LogP contribution is 2.22. The van der Waals surface area contributed by atoms with Crippen LogP contribution in [0.5, 0.6) is 5.75 Å². The van der Waals surface area contributed by atoms with E-state index in [1.54, 1.807) is 12.1 Å². The molecule has 0 radical (unpaired) electrons. The molecule has 0 aliphatic rings. The van der Waals surface area contributed by atoms with Crippen LogP contribution < -0.4 is 10.1 Å². The standard InChI is InChI=1S/C20H22FN3O2/c1-4-19-23-16-7-5-6-8-17(16)24(19)12-20(25)22-13(2)14-9-10-18(26-3)15(21)11-14/h5-11,13H,4,12H2,1-3H3,(H,22,25)/t13-/m0/s1. The Labute approximate surface area is 151 Å². The van der Waals surface area contributed by atoms with Crippen molar-refractivity contribution in [3.05, 3.63) is 59.7 Å². The summed E-state index contributed by atoms with van der Waals surface area (Å²) in [6, 6.07) is 12.1. The zero-order valence-corrected chi connectivity index (χ0v) is 15.1. The number of nitrogens with one attached hydrogen (secondary N) is 1. The SMILES string of the molecule is CCc1nc2ccccc2n1CC(=O)N[C@@H](C)c1ccc(OC)c(F)c1.